The van der Waals surface area contributed by atoms with Crippen molar-refractivity contribution in [3.8, 4) is 11.5 Å². The molecular formula is C18H18INO4. The maximum Gasteiger partial charge on any atom is 0.262 e. The van der Waals surface area contributed by atoms with Crippen LogP contribution in [0.1, 0.15) is 22.8 Å². The molecule has 0 radical (unpaired) electrons. The molecule has 2 aromatic carbocycles. The Balaban J connectivity index is 2.01. The van der Waals surface area contributed by atoms with Crippen LogP contribution in [0.25, 0.3) is 0 Å². The molecule has 0 saturated heterocycles. The van der Waals surface area contributed by atoms with Crippen LogP contribution < -0.4 is 14.8 Å². The average molecular weight is 439 g/mol. The van der Waals surface area contributed by atoms with Gasteiger partial charge < -0.3 is 14.8 Å². The number of nitrogens with one attached hydrogen (secondary N) is 1. The highest BCUT2D eigenvalue weighted by Crippen LogP contribution is 2.33. The molecule has 126 valence electrons. The number of methoxy groups -OCH3 is 1. The first-order chi connectivity index (χ1) is 11.6. The van der Waals surface area contributed by atoms with Gasteiger partial charge in [0.25, 0.3) is 5.91 Å². The zero-order valence-electron chi connectivity index (χ0n) is 13.5. The van der Waals surface area contributed by atoms with Gasteiger partial charge in [0, 0.05) is 11.3 Å². The number of rotatable bonds is 7. The Morgan fingerprint density at radius 1 is 1.25 bits per heavy atom. The van der Waals surface area contributed by atoms with Crippen molar-refractivity contribution in [2.75, 3.05) is 19.0 Å². The van der Waals surface area contributed by atoms with E-state index in [1.165, 1.54) is 12.7 Å². The largest absolute Gasteiger partial charge is 0.493 e. The highest BCUT2D eigenvalue weighted by molar-refractivity contribution is 14.1. The van der Waals surface area contributed by atoms with E-state index >= 15 is 0 Å². The molecule has 0 fully saturated rings. The summed E-state index contributed by atoms with van der Waals surface area (Å²) >= 11 is 2.04. The minimum absolute atomic E-state index is 0.150. The quantitative estimate of drug-likeness (QED) is 0.528. The van der Waals surface area contributed by atoms with Gasteiger partial charge in [-0.3, -0.25) is 9.59 Å². The second-order valence-corrected chi connectivity index (χ2v) is 6.20. The minimum atomic E-state index is -0.267. The van der Waals surface area contributed by atoms with Crippen LogP contribution in [0.15, 0.2) is 36.4 Å². The van der Waals surface area contributed by atoms with Crippen LogP contribution in [0.5, 0.6) is 11.5 Å². The van der Waals surface area contributed by atoms with Gasteiger partial charge in [0.15, 0.2) is 18.1 Å². The maximum atomic E-state index is 12.0. The van der Waals surface area contributed by atoms with Crippen molar-refractivity contribution in [1.82, 2.24) is 0 Å². The van der Waals surface area contributed by atoms with Gasteiger partial charge in [-0.25, -0.2) is 0 Å². The van der Waals surface area contributed by atoms with E-state index in [0.29, 0.717) is 20.6 Å². The smallest absolute Gasteiger partial charge is 0.262 e. The van der Waals surface area contributed by atoms with Crippen molar-refractivity contribution in [2.24, 2.45) is 0 Å². The molecule has 24 heavy (non-hydrogen) atoms. The summed E-state index contributed by atoms with van der Waals surface area (Å²) in [5, 5.41) is 2.78. The standard InChI is InChI=1S/C18H18INO4/c1-3-12-4-6-14(7-5-12)20-17(22)11-24-18-15(19)8-13(10-21)9-16(18)23-2/h4-10H,3,11H2,1-2H3,(H,20,22). The van der Waals surface area contributed by atoms with Crippen LogP contribution >= 0.6 is 22.6 Å². The number of amides is 1. The van der Waals surface area contributed by atoms with E-state index in [9.17, 15) is 9.59 Å². The fourth-order valence-corrected chi connectivity index (χ4v) is 2.89. The van der Waals surface area contributed by atoms with Crippen LogP contribution in [0.3, 0.4) is 0 Å². The van der Waals surface area contributed by atoms with Gasteiger partial charge in [-0.1, -0.05) is 19.1 Å². The monoisotopic (exact) mass is 439 g/mol. The average Bonchev–Trinajstić information content (AvgIpc) is 2.60. The fourth-order valence-electron chi connectivity index (χ4n) is 2.11. The first-order valence-electron chi connectivity index (χ1n) is 7.41. The summed E-state index contributed by atoms with van der Waals surface area (Å²) < 4.78 is 11.5. The first-order valence-corrected chi connectivity index (χ1v) is 8.49. The van der Waals surface area contributed by atoms with Gasteiger partial charge >= 0.3 is 0 Å². The number of ether oxygens (including phenoxy) is 2. The molecule has 0 heterocycles. The van der Waals surface area contributed by atoms with Crippen LogP contribution in [0.2, 0.25) is 0 Å². The third-order valence-corrected chi connectivity index (χ3v) is 4.18. The maximum absolute atomic E-state index is 12.0. The molecule has 6 heteroatoms. The van der Waals surface area contributed by atoms with Crippen molar-refractivity contribution >= 4 is 40.5 Å². The Kier molecular flexibility index (Phi) is 6.60. The Morgan fingerprint density at radius 2 is 1.96 bits per heavy atom. The van der Waals surface area contributed by atoms with E-state index in [4.69, 9.17) is 9.47 Å². The number of aldehydes is 1. The zero-order valence-corrected chi connectivity index (χ0v) is 15.6. The lowest BCUT2D eigenvalue weighted by atomic mass is 10.1. The van der Waals surface area contributed by atoms with E-state index < -0.39 is 0 Å². The molecule has 0 atom stereocenters. The first kappa shape index (κ1) is 18.3. The Hall–Kier alpha value is -2.09. The molecule has 0 bridgehead atoms. The van der Waals surface area contributed by atoms with Gasteiger partial charge in [-0.15, -0.1) is 0 Å². The molecule has 0 aliphatic carbocycles. The Bertz CT molecular complexity index is 729. The van der Waals surface area contributed by atoms with Gasteiger partial charge in [-0.2, -0.15) is 0 Å². The van der Waals surface area contributed by atoms with Crippen LogP contribution in [-0.4, -0.2) is 25.9 Å². The number of halogens is 1. The highest BCUT2D eigenvalue weighted by atomic mass is 127. The summed E-state index contributed by atoms with van der Waals surface area (Å²) in [5.74, 6) is 0.598. The lowest BCUT2D eigenvalue weighted by Crippen LogP contribution is -2.20. The van der Waals surface area contributed by atoms with Crippen molar-refractivity contribution in [3.05, 3.63) is 51.1 Å². The predicted molar refractivity (Wildman–Crippen MR) is 101 cm³/mol. The molecule has 1 N–H and O–H groups in total. The van der Waals surface area contributed by atoms with E-state index in [0.717, 1.165) is 18.4 Å². The number of aryl methyl sites for hydroxylation is 1. The highest BCUT2D eigenvalue weighted by Gasteiger charge is 2.13. The Morgan fingerprint density at radius 3 is 2.54 bits per heavy atom. The lowest BCUT2D eigenvalue weighted by Gasteiger charge is -2.13. The normalized spacial score (nSPS) is 10.1. The summed E-state index contributed by atoms with van der Waals surface area (Å²) in [6.45, 7) is 1.93. The van der Waals surface area contributed by atoms with E-state index in [1.54, 1.807) is 12.1 Å². The van der Waals surface area contributed by atoms with E-state index in [-0.39, 0.29) is 12.5 Å². The van der Waals surface area contributed by atoms with Crippen molar-refractivity contribution in [1.29, 1.82) is 0 Å². The minimum Gasteiger partial charge on any atom is -0.493 e. The summed E-state index contributed by atoms with van der Waals surface area (Å²) in [6, 6.07) is 10.9. The second kappa shape index (κ2) is 8.68. The van der Waals surface area contributed by atoms with Crippen molar-refractivity contribution < 1.29 is 19.1 Å². The lowest BCUT2D eigenvalue weighted by molar-refractivity contribution is -0.118. The summed E-state index contributed by atoms with van der Waals surface area (Å²) in [5.41, 5.74) is 2.42. The van der Waals surface area contributed by atoms with Crippen molar-refractivity contribution in [2.45, 2.75) is 13.3 Å². The third kappa shape index (κ3) is 4.70. The second-order valence-electron chi connectivity index (χ2n) is 5.04. The molecule has 2 rings (SSSR count). The number of carbonyl (C=O) groups is 2. The summed E-state index contributed by atoms with van der Waals surface area (Å²) in [7, 11) is 1.49. The van der Waals surface area contributed by atoms with Gasteiger partial charge in [0.1, 0.15) is 6.29 Å². The van der Waals surface area contributed by atoms with Crippen LogP contribution in [0.4, 0.5) is 5.69 Å². The number of benzene rings is 2. The summed E-state index contributed by atoms with van der Waals surface area (Å²) in [4.78, 5) is 22.9. The fraction of sp³-hybridized carbons (Fsp3) is 0.222. The SMILES string of the molecule is CCc1ccc(NC(=O)COc2c(I)cc(C=O)cc2OC)cc1. The molecule has 5 nitrogen and oxygen atoms in total. The van der Waals surface area contributed by atoms with Crippen LogP contribution in [0, 0.1) is 3.57 Å². The molecule has 0 spiro atoms. The molecular weight excluding hydrogens is 421 g/mol. The summed E-state index contributed by atoms with van der Waals surface area (Å²) in [6.07, 6.45) is 1.69. The molecule has 1 amide bonds. The zero-order chi connectivity index (χ0) is 17.5. The Labute approximate surface area is 154 Å². The van der Waals surface area contributed by atoms with Gasteiger partial charge in [0.05, 0.1) is 10.7 Å². The van der Waals surface area contributed by atoms with E-state index in [1.807, 2.05) is 46.9 Å². The number of carbonyl (C=O) groups excluding carboxylic acids is 2. The van der Waals surface area contributed by atoms with Crippen molar-refractivity contribution in [3.63, 3.8) is 0 Å². The number of hydrogen-bond acceptors (Lipinski definition) is 4. The molecule has 0 aliphatic heterocycles. The molecule has 0 saturated carbocycles. The molecule has 0 aromatic heterocycles. The third-order valence-electron chi connectivity index (χ3n) is 3.38. The molecule has 2 aromatic rings. The number of hydrogen-bond donors (Lipinski definition) is 1. The van der Waals surface area contributed by atoms with Gasteiger partial charge in [-0.05, 0) is 58.8 Å². The van der Waals surface area contributed by atoms with Gasteiger partial charge in [0.2, 0.25) is 0 Å². The molecule has 0 unspecified atom stereocenters. The molecule has 0 aliphatic rings. The predicted octanol–water partition coefficient (Wildman–Crippen LogP) is 3.69. The number of anilines is 1. The van der Waals surface area contributed by atoms with Crippen LogP contribution in [-0.2, 0) is 11.2 Å². The van der Waals surface area contributed by atoms with E-state index in [2.05, 4.69) is 12.2 Å². The topological polar surface area (TPSA) is 64.6 Å².